The molecule has 0 saturated carbocycles. The predicted octanol–water partition coefficient (Wildman–Crippen LogP) is 2.64. The molecule has 4 nitrogen and oxygen atoms in total. The highest BCUT2D eigenvalue weighted by Gasteiger charge is 2.27. The number of hydrogen-bond acceptors (Lipinski definition) is 4. The average Bonchev–Trinajstić information content (AvgIpc) is 2.54. The predicted molar refractivity (Wildman–Crippen MR) is 80.1 cm³/mol. The summed E-state index contributed by atoms with van der Waals surface area (Å²) in [5, 5.41) is 0. The third-order valence-corrected chi connectivity index (χ3v) is 5.62. The van der Waals surface area contributed by atoms with Gasteiger partial charge in [-0.3, -0.25) is 0 Å². The van der Waals surface area contributed by atoms with E-state index in [0.29, 0.717) is 4.34 Å². The molecule has 1 aromatic heterocycles. The Morgan fingerprint density at radius 1 is 1.50 bits per heavy atom. The van der Waals surface area contributed by atoms with E-state index in [-0.39, 0.29) is 20.1 Å². The number of sulfonamides is 1. The molecular formula is C9H12Cl2N2O2S3. The van der Waals surface area contributed by atoms with Gasteiger partial charge in [0.05, 0.1) is 15.4 Å². The Balaban J connectivity index is 3.08. The smallest absolute Gasteiger partial charge is 0.243 e. The van der Waals surface area contributed by atoms with Gasteiger partial charge in [-0.1, -0.05) is 49.3 Å². The second-order valence-corrected chi connectivity index (χ2v) is 8.37. The SMILES string of the molecule is CC(C)C(NS(=O)(=O)c1cc(Cl)sc1Cl)C(N)=S. The Hall–Kier alpha value is 0.0800. The van der Waals surface area contributed by atoms with Crippen molar-refractivity contribution in [3.63, 3.8) is 0 Å². The van der Waals surface area contributed by atoms with Crippen molar-refractivity contribution < 1.29 is 8.42 Å². The fourth-order valence-electron chi connectivity index (χ4n) is 1.26. The largest absolute Gasteiger partial charge is 0.392 e. The normalized spacial score (nSPS) is 13.8. The van der Waals surface area contributed by atoms with Crippen LogP contribution < -0.4 is 10.5 Å². The summed E-state index contributed by atoms with van der Waals surface area (Å²) >= 11 is 17.4. The minimum absolute atomic E-state index is 0.0546. The molecule has 1 aromatic rings. The van der Waals surface area contributed by atoms with Crippen molar-refractivity contribution in [3.05, 3.63) is 14.7 Å². The van der Waals surface area contributed by atoms with Crippen LogP contribution in [0.15, 0.2) is 11.0 Å². The van der Waals surface area contributed by atoms with Gasteiger partial charge >= 0.3 is 0 Å². The lowest BCUT2D eigenvalue weighted by molar-refractivity contribution is 0.526. The van der Waals surface area contributed by atoms with Gasteiger partial charge in [0, 0.05) is 0 Å². The molecule has 0 aromatic carbocycles. The van der Waals surface area contributed by atoms with E-state index < -0.39 is 16.1 Å². The maximum Gasteiger partial charge on any atom is 0.243 e. The number of halogens is 2. The molecule has 0 fully saturated rings. The van der Waals surface area contributed by atoms with E-state index in [1.807, 2.05) is 13.8 Å². The summed E-state index contributed by atoms with van der Waals surface area (Å²) in [5.74, 6) is -0.0647. The van der Waals surface area contributed by atoms with Crippen molar-refractivity contribution in [3.8, 4) is 0 Å². The van der Waals surface area contributed by atoms with Crippen molar-refractivity contribution in [1.29, 1.82) is 0 Å². The van der Waals surface area contributed by atoms with Crippen LogP contribution in [0.4, 0.5) is 0 Å². The standard InChI is InChI=1S/C9H12Cl2N2O2S3/c1-4(2)7(9(12)16)13-18(14,15)5-3-6(10)17-8(5)11/h3-4,7,13H,1-2H3,(H2,12,16). The van der Waals surface area contributed by atoms with Gasteiger partial charge in [-0.15, -0.1) is 11.3 Å². The van der Waals surface area contributed by atoms with Crippen LogP contribution in [0.1, 0.15) is 13.8 Å². The molecule has 1 heterocycles. The van der Waals surface area contributed by atoms with Gasteiger partial charge in [0.15, 0.2) is 0 Å². The second-order valence-electron chi connectivity index (χ2n) is 3.93. The Morgan fingerprint density at radius 2 is 2.06 bits per heavy atom. The molecule has 0 aliphatic carbocycles. The minimum Gasteiger partial charge on any atom is -0.392 e. The molecule has 0 amide bonds. The number of rotatable bonds is 5. The first-order chi connectivity index (χ1) is 8.15. The lowest BCUT2D eigenvalue weighted by Crippen LogP contribution is -2.46. The number of thiophene rings is 1. The van der Waals surface area contributed by atoms with E-state index in [1.54, 1.807) is 0 Å². The fraction of sp³-hybridized carbons (Fsp3) is 0.444. The van der Waals surface area contributed by atoms with Crippen molar-refractivity contribution in [2.75, 3.05) is 0 Å². The van der Waals surface area contributed by atoms with E-state index in [0.717, 1.165) is 11.3 Å². The zero-order valence-electron chi connectivity index (χ0n) is 9.61. The molecule has 0 aliphatic heterocycles. The molecule has 9 heteroatoms. The fourth-order valence-corrected chi connectivity index (χ4v) is 5.18. The summed E-state index contributed by atoms with van der Waals surface area (Å²) in [4.78, 5) is 0.0343. The van der Waals surface area contributed by atoms with E-state index in [4.69, 9.17) is 41.2 Å². The molecule has 0 spiro atoms. The first kappa shape index (κ1) is 16.1. The molecule has 1 unspecified atom stereocenters. The van der Waals surface area contributed by atoms with Crippen molar-refractivity contribution in [2.24, 2.45) is 11.7 Å². The molecule has 0 radical (unpaired) electrons. The van der Waals surface area contributed by atoms with E-state index >= 15 is 0 Å². The Morgan fingerprint density at radius 3 is 2.39 bits per heavy atom. The topological polar surface area (TPSA) is 72.2 Å². The molecular weight excluding hydrogens is 335 g/mol. The Kier molecular flexibility index (Phi) is 5.40. The van der Waals surface area contributed by atoms with Gasteiger partial charge in [0.1, 0.15) is 9.23 Å². The number of nitrogens with two attached hydrogens (primary N) is 1. The van der Waals surface area contributed by atoms with Gasteiger partial charge in [0.2, 0.25) is 10.0 Å². The molecule has 1 rings (SSSR count). The summed E-state index contributed by atoms with van der Waals surface area (Å²) in [7, 11) is -3.78. The highest BCUT2D eigenvalue weighted by Crippen LogP contribution is 2.34. The highest BCUT2D eigenvalue weighted by molar-refractivity contribution is 7.90. The summed E-state index contributed by atoms with van der Waals surface area (Å²) in [6, 6.07) is 0.674. The van der Waals surface area contributed by atoms with Crippen LogP contribution in [-0.2, 0) is 10.0 Å². The molecule has 0 saturated heterocycles. The Labute approximate surface area is 126 Å². The maximum atomic E-state index is 12.1. The highest BCUT2D eigenvalue weighted by atomic mass is 35.5. The summed E-state index contributed by atoms with van der Waals surface area (Å²) in [5.41, 5.74) is 5.51. The lowest BCUT2D eigenvalue weighted by atomic mass is 10.1. The number of thiocarbonyl (C=S) groups is 1. The van der Waals surface area contributed by atoms with Gasteiger partial charge in [-0.05, 0) is 12.0 Å². The van der Waals surface area contributed by atoms with Crippen LogP contribution in [0.2, 0.25) is 8.67 Å². The molecule has 0 bridgehead atoms. The second kappa shape index (κ2) is 6.02. The van der Waals surface area contributed by atoms with Gasteiger partial charge in [-0.2, -0.15) is 0 Å². The Bertz CT molecular complexity index is 554. The summed E-state index contributed by atoms with van der Waals surface area (Å²) in [6.45, 7) is 3.63. The third kappa shape index (κ3) is 3.79. The van der Waals surface area contributed by atoms with Crippen LogP contribution in [0, 0.1) is 5.92 Å². The molecule has 3 N–H and O–H groups in total. The van der Waals surface area contributed by atoms with Crippen LogP contribution in [0.3, 0.4) is 0 Å². The lowest BCUT2D eigenvalue weighted by Gasteiger charge is -2.20. The van der Waals surface area contributed by atoms with Crippen LogP contribution >= 0.6 is 46.8 Å². The third-order valence-electron chi connectivity index (χ3n) is 2.17. The quantitative estimate of drug-likeness (QED) is 0.804. The number of hydrogen-bond donors (Lipinski definition) is 2. The zero-order chi connectivity index (χ0) is 14.1. The first-order valence-corrected chi connectivity index (χ1v) is 8.38. The molecule has 102 valence electrons. The van der Waals surface area contributed by atoms with E-state index in [9.17, 15) is 8.42 Å². The van der Waals surface area contributed by atoms with E-state index in [2.05, 4.69) is 4.72 Å². The van der Waals surface area contributed by atoms with Gasteiger partial charge in [0.25, 0.3) is 0 Å². The van der Waals surface area contributed by atoms with Crippen LogP contribution in [0.5, 0.6) is 0 Å². The average molecular weight is 347 g/mol. The zero-order valence-corrected chi connectivity index (χ0v) is 13.6. The summed E-state index contributed by atoms with van der Waals surface area (Å²) < 4.78 is 27.1. The van der Waals surface area contributed by atoms with Gasteiger partial charge in [-0.25, -0.2) is 13.1 Å². The monoisotopic (exact) mass is 346 g/mol. The molecule has 1 atom stereocenters. The van der Waals surface area contributed by atoms with Crippen molar-refractivity contribution in [2.45, 2.75) is 24.8 Å². The van der Waals surface area contributed by atoms with Gasteiger partial charge < -0.3 is 5.73 Å². The summed E-state index contributed by atoms with van der Waals surface area (Å²) in [6.07, 6.45) is 0. The van der Waals surface area contributed by atoms with Crippen molar-refractivity contribution in [1.82, 2.24) is 4.72 Å². The van der Waals surface area contributed by atoms with Crippen molar-refractivity contribution >= 4 is 61.8 Å². The number of nitrogens with one attached hydrogen (secondary N) is 1. The minimum atomic E-state index is -3.78. The van der Waals surface area contributed by atoms with Crippen LogP contribution in [-0.4, -0.2) is 19.4 Å². The molecule has 0 aliphatic rings. The first-order valence-electron chi connectivity index (χ1n) is 4.91. The van der Waals surface area contributed by atoms with E-state index in [1.165, 1.54) is 6.07 Å². The molecule has 18 heavy (non-hydrogen) atoms. The van der Waals surface area contributed by atoms with Crippen LogP contribution in [0.25, 0.3) is 0 Å². The maximum absolute atomic E-state index is 12.1.